The summed E-state index contributed by atoms with van der Waals surface area (Å²) in [7, 11) is 0. The molecule has 1 saturated heterocycles. The van der Waals surface area contributed by atoms with E-state index in [0.717, 1.165) is 51.4 Å². The van der Waals surface area contributed by atoms with E-state index in [1.54, 1.807) is 11.8 Å². The zero-order valence-electron chi connectivity index (χ0n) is 16.5. The molecule has 0 radical (unpaired) electrons. The molecular formula is C20H39NO3S. The van der Waals surface area contributed by atoms with Crippen molar-refractivity contribution in [3.63, 3.8) is 0 Å². The summed E-state index contributed by atoms with van der Waals surface area (Å²) in [5.41, 5.74) is -0.671. The Balaban J connectivity index is 2.38. The third-order valence-corrected chi connectivity index (χ3v) is 6.64. The predicted molar refractivity (Wildman–Crippen MR) is 107 cm³/mol. The second-order valence-corrected chi connectivity index (χ2v) is 8.97. The van der Waals surface area contributed by atoms with Crippen LogP contribution in [0.5, 0.6) is 0 Å². The Morgan fingerprint density at radius 2 is 1.88 bits per heavy atom. The van der Waals surface area contributed by atoms with Gasteiger partial charge in [-0.2, -0.15) is 0 Å². The highest BCUT2D eigenvalue weighted by atomic mass is 32.2. The Bertz CT molecular complexity index is 376. The van der Waals surface area contributed by atoms with Gasteiger partial charge in [-0.1, -0.05) is 58.8 Å². The van der Waals surface area contributed by atoms with Gasteiger partial charge in [-0.05, 0) is 26.2 Å². The van der Waals surface area contributed by atoms with Gasteiger partial charge < -0.3 is 15.1 Å². The molecule has 1 fully saturated rings. The summed E-state index contributed by atoms with van der Waals surface area (Å²) in [6.07, 6.45) is 10.5. The van der Waals surface area contributed by atoms with Crippen LogP contribution < -0.4 is 0 Å². The second kappa shape index (κ2) is 12.2. The standard InChI is InChI=1S/C20H39NO3S/c1-4-6-8-9-11-17(22)15-21-18(23)12-13-19(21)25-16-20(3,24)14-10-7-5-2/h17,19,22,24H,4-16H2,1-3H3. The average Bonchev–Trinajstić information content (AvgIpc) is 2.90. The first-order valence-electron chi connectivity index (χ1n) is 10.2. The van der Waals surface area contributed by atoms with E-state index < -0.39 is 11.7 Å². The third kappa shape index (κ3) is 9.30. The highest BCUT2D eigenvalue weighted by molar-refractivity contribution is 7.99. The molecule has 1 amide bonds. The molecule has 0 spiro atoms. The smallest absolute Gasteiger partial charge is 0.223 e. The molecule has 148 valence electrons. The summed E-state index contributed by atoms with van der Waals surface area (Å²) in [5, 5.41) is 20.9. The van der Waals surface area contributed by atoms with Gasteiger partial charge in [0.05, 0.1) is 17.1 Å². The van der Waals surface area contributed by atoms with Crippen molar-refractivity contribution in [1.82, 2.24) is 4.90 Å². The van der Waals surface area contributed by atoms with Gasteiger partial charge in [0, 0.05) is 18.7 Å². The van der Waals surface area contributed by atoms with Crippen molar-refractivity contribution in [2.75, 3.05) is 12.3 Å². The lowest BCUT2D eigenvalue weighted by Crippen LogP contribution is -2.39. The number of rotatable bonds is 14. The molecule has 1 aliphatic heterocycles. The predicted octanol–water partition coefficient (Wildman–Crippen LogP) is 4.33. The Labute approximate surface area is 158 Å². The van der Waals surface area contributed by atoms with E-state index in [4.69, 9.17) is 0 Å². The van der Waals surface area contributed by atoms with Crippen molar-refractivity contribution in [3.05, 3.63) is 0 Å². The number of β-amino-alcohol motifs (C(OH)–C–C–N with tert-alkyl or cyclic N) is 1. The molecule has 25 heavy (non-hydrogen) atoms. The van der Waals surface area contributed by atoms with Crippen LogP contribution >= 0.6 is 11.8 Å². The molecular weight excluding hydrogens is 334 g/mol. The zero-order chi connectivity index (χ0) is 18.7. The number of amides is 1. The van der Waals surface area contributed by atoms with E-state index in [-0.39, 0.29) is 11.3 Å². The first kappa shape index (κ1) is 22.8. The summed E-state index contributed by atoms with van der Waals surface area (Å²) in [6, 6.07) is 0. The maximum atomic E-state index is 12.2. The van der Waals surface area contributed by atoms with Gasteiger partial charge in [0.1, 0.15) is 0 Å². The van der Waals surface area contributed by atoms with Crippen molar-refractivity contribution >= 4 is 17.7 Å². The number of carbonyl (C=O) groups is 1. The first-order chi connectivity index (χ1) is 11.9. The molecule has 0 aromatic rings. The summed E-state index contributed by atoms with van der Waals surface area (Å²) in [6.45, 7) is 6.69. The maximum absolute atomic E-state index is 12.2. The fourth-order valence-electron chi connectivity index (χ4n) is 3.33. The van der Waals surface area contributed by atoms with Crippen LogP contribution in [0, 0.1) is 0 Å². The number of hydrogen-bond donors (Lipinski definition) is 2. The van der Waals surface area contributed by atoms with Gasteiger partial charge in [0.25, 0.3) is 0 Å². The molecule has 0 aliphatic carbocycles. The monoisotopic (exact) mass is 373 g/mol. The Hall–Kier alpha value is -0.260. The molecule has 0 bridgehead atoms. The number of thioether (sulfide) groups is 1. The number of carbonyl (C=O) groups excluding carboxylic acids is 1. The normalized spacial score (nSPS) is 21.6. The minimum absolute atomic E-state index is 0.107. The molecule has 0 aromatic heterocycles. The lowest BCUT2D eigenvalue weighted by molar-refractivity contribution is -0.129. The average molecular weight is 374 g/mol. The van der Waals surface area contributed by atoms with Crippen LogP contribution in [0.15, 0.2) is 0 Å². The van der Waals surface area contributed by atoms with Crippen LogP contribution in [0.3, 0.4) is 0 Å². The summed E-state index contributed by atoms with van der Waals surface area (Å²) in [4.78, 5) is 14.0. The van der Waals surface area contributed by atoms with Crippen LogP contribution in [-0.2, 0) is 4.79 Å². The molecule has 4 nitrogen and oxygen atoms in total. The third-order valence-electron chi connectivity index (χ3n) is 4.98. The molecule has 1 rings (SSSR count). The molecule has 0 aromatic carbocycles. The van der Waals surface area contributed by atoms with Crippen molar-refractivity contribution in [1.29, 1.82) is 0 Å². The summed E-state index contributed by atoms with van der Waals surface area (Å²) >= 11 is 1.68. The van der Waals surface area contributed by atoms with E-state index in [2.05, 4.69) is 13.8 Å². The second-order valence-electron chi connectivity index (χ2n) is 7.81. The zero-order valence-corrected chi connectivity index (χ0v) is 17.3. The minimum atomic E-state index is -0.671. The maximum Gasteiger partial charge on any atom is 0.223 e. The van der Waals surface area contributed by atoms with Gasteiger partial charge in [-0.15, -0.1) is 11.8 Å². The molecule has 3 atom stereocenters. The molecule has 1 heterocycles. The highest BCUT2D eigenvalue weighted by Crippen LogP contribution is 2.32. The SMILES string of the molecule is CCCCCCC(O)CN1C(=O)CCC1SCC(C)(O)CCCCC. The van der Waals surface area contributed by atoms with E-state index in [9.17, 15) is 15.0 Å². The van der Waals surface area contributed by atoms with Crippen LogP contribution in [0.4, 0.5) is 0 Å². The molecule has 5 heteroatoms. The van der Waals surface area contributed by atoms with Gasteiger partial charge in [0.15, 0.2) is 0 Å². The van der Waals surface area contributed by atoms with Gasteiger partial charge in [-0.25, -0.2) is 0 Å². The van der Waals surface area contributed by atoms with Gasteiger partial charge in [-0.3, -0.25) is 4.79 Å². The highest BCUT2D eigenvalue weighted by Gasteiger charge is 2.34. The lowest BCUT2D eigenvalue weighted by Gasteiger charge is -2.30. The van der Waals surface area contributed by atoms with Gasteiger partial charge >= 0.3 is 0 Å². The topological polar surface area (TPSA) is 60.8 Å². The van der Waals surface area contributed by atoms with Crippen LogP contribution in [0.2, 0.25) is 0 Å². The van der Waals surface area contributed by atoms with Crippen LogP contribution in [0.25, 0.3) is 0 Å². The lowest BCUT2D eigenvalue weighted by atomic mass is 10.0. The van der Waals surface area contributed by atoms with Crippen molar-refractivity contribution in [2.45, 2.75) is 108 Å². The Kier molecular flexibility index (Phi) is 11.1. The summed E-state index contributed by atoms with van der Waals surface area (Å²) < 4.78 is 0. The molecule has 3 unspecified atom stereocenters. The first-order valence-corrected chi connectivity index (χ1v) is 11.3. The minimum Gasteiger partial charge on any atom is -0.391 e. The van der Waals surface area contributed by atoms with Crippen LogP contribution in [0.1, 0.15) is 91.4 Å². The Morgan fingerprint density at radius 1 is 1.20 bits per heavy atom. The quantitative estimate of drug-likeness (QED) is 0.445. The number of unbranched alkanes of at least 4 members (excludes halogenated alkanes) is 5. The van der Waals surface area contributed by atoms with Crippen molar-refractivity contribution in [3.8, 4) is 0 Å². The number of hydrogen-bond acceptors (Lipinski definition) is 4. The van der Waals surface area contributed by atoms with Crippen LogP contribution in [-0.4, -0.2) is 50.4 Å². The largest absolute Gasteiger partial charge is 0.391 e. The van der Waals surface area contributed by atoms with E-state index in [1.807, 2.05) is 11.8 Å². The molecule has 1 aliphatic rings. The summed E-state index contributed by atoms with van der Waals surface area (Å²) in [5.74, 6) is 0.799. The van der Waals surface area contributed by atoms with Gasteiger partial charge in [0.2, 0.25) is 5.91 Å². The molecule has 2 N–H and O–H groups in total. The van der Waals surface area contributed by atoms with E-state index >= 15 is 0 Å². The fourth-order valence-corrected chi connectivity index (χ4v) is 4.69. The Morgan fingerprint density at radius 3 is 2.56 bits per heavy atom. The van der Waals surface area contributed by atoms with E-state index in [1.165, 1.54) is 12.8 Å². The number of likely N-dealkylation sites (tertiary alicyclic amines) is 1. The molecule has 0 saturated carbocycles. The number of aliphatic hydroxyl groups excluding tert-OH is 1. The number of nitrogens with zero attached hydrogens (tertiary/aromatic N) is 1. The van der Waals surface area contributed by atoms with Crippen molar-refractivity contribution in [2.24, 2.45) is 0 Å². The number of aliphatic hydroxyl groups is 2. The van der Waals surface area contributed by atoms with E-state index in [0.29, 0.717) is 18.7 Å². The fraction of sp³-hybridized carbons (Fsp3) is 0.950. The van der Waals surface area contributed by atoms with Crippen molar-refractivity contribution < 1.29 is 15.0 Å².